The summed E-state index contributed by atoms with van der Waals surface area (Å²) in [5.41, 5.74) is 4.99. The summed E-state index contributed by atoms with van der Waals surface area (Å²) in [4.78, 5) is 39.1. The van der Waals surface area contributed by atoms with Gasteiger partial charge in [0, 0.05) is 21.8 Å². The smallest absolute Gasteiger partial charge is 0.272 e. The molecule has 0 spiro atoms. The maximum atomic E-state index is 13.1. The molecule has 0 bridgehead atoms. The summed E-state index contributed by atoms with van der Waals surface area (Å²) in [5.74, 6) is -0.627. The lowest BCUT2D eigenvalue weighted by molar-refractivity contribution is -0.114. The first kappa shape index (κ1) is 26.9. The van der Waals surface area contributed by atoms with Crippen molar-refractivity contribution >= 4 is 58.3 Å². The molecule has 192 valence electrons. The molecule has 0 unspecified atom stereocenters. The van der Waals surface area contributed by atoms with E-state index in [1.54, 1.807) is 42.5 Å². The van der Waals surface area contributed by atoms with Gasteiger partial charge in [-0.3, -0.25) is 14.4 Å². The number of anilines is 2. The van der Waals surface area contributed by atoms with Gasteiger partial charge in [-0.25, -0.2) is 0 Å². The number of hydrogen-bond acceptors (Lipinski definition) is 5. The van der Waals surface area contributed by atoms with Crippen molar-refractivity contribution in [2.24, 2.45) is 0 Å². The number of carbonyl (C=O) groups is 3. The van der Waals surface area contributed by atoms with E-state index in [1.807, 2.05) is 67.1 Å². The highest BCUT2D eigenvalue weighted by Gasteiger charge is 2.15. The molecule has 0 fully saturated rings. The monoisotopic (exact) mass is 541 g/mol. The first-order valence-corrected chi connectivity index (χ1v) is 13.8. The van der Waals surface area contributed by atoms with E-state index in [0.717, 1.165) is 27.3 Å². The molecule has 38 heavy (non-hydrogen) atoms. The Hall–Kier alpha value is -4.14. The van der Waals surface area contributed by atoms with Crippen LogP contribution in [0.1, 0.15) is 27.0 Å². The Morgan fingerprint density at radius 3 is 2.34 bits per heavy atom. The van der Waals surface area contributed by atoms with E-state index >= 15 is 0 Å². The second kappa shape index (κ2) is 12.9. The van der Waals surface area contributed by atoms with Crippen LogP contribution >= 0.6 is 23.1 Å². The standard InChI is InChI=1S/C30H27N3O3S2/c1-20-7-6-10-26(21(20)2)32-28(34)19-38-25-13-11-24(12-14-25)31-30(36)27(17-22-15-16-37-18-22)33-29(35)23-8-4-3-5-9-23/h3-18H,19H2,1-2H3,(H,31,36)(H,32,34)(H,33,35)/b27-17-. The van der Waals surface area contributed by atoms with Crippen molar-refractivity contribution in [2.75, 3.05) is 16.4 Å². The lowest BCUT2D eigenvalue weighted by atomic mass is 10.1. The van der Waals surface area contributed by atoms with E-state index in [9.17, 15) is 14.4 Å². The van der Waals surface area contributed by atoms with Gasteiger partial charge in [-0.1, -0.05) is 30.3 Å². The Kier molecular flexibility index (Phi) is 9.13. The fourth-order valence-electron chi connectivity index (χ4n) is 3.52. The number of hydrogen-bond donors (Lipinski definition) is 3. The van der Waals surface area contributed by atoms with Crippen LogP contribution in [-0.4, -0.2) is 23.5 Å². The molecule has 3 amide bonds. The van der Waals surface area contributed by atoms with E-state index in [1.165, 1.54) is 23.1 Å². The van der Waals surface area contributed by atoms with Crippen molar-refractivity contribution in [3.05, 3.63) is 118 Å². The van der Waals surface area contributed by atoms with Crippen LogP contribution in [0.4, 0.5) is 11.4 Å². The second-order valence-corrected chi connectivity index (χ2v) is 10.3. The minimum atomic E-state index is -0.436. The molecule has 1 heterocycles. The third kappa shape index (κ3) is 7.44. The van der Waals surface area contributed by atoms with Gasteiger partial charge in [-0.2, -0.15) is 11.3 Å². The molecule has 1 aromatic heterocycles. The Bertz CT molecular complexity index is 1450. The number of aryl methyl sites for hydroxylation is 1. The van der Waals surface area contributed by atoms with Crippen LogP contribution < -0.4 is 16.0 Å². The van der Waals surface area contributed by atoms with Crippen LogP contribution in [-0.2, 0) is 9.59 Å². The average Bonchev–Trinajstić information content (AvgIpc) is 3.44. The van der Waals surface area contributed by atoms with E-state index in [0.29, 0.717) is 11.3 Å². The van der Waals surface area contributed by atoms with Gasteiger partial charge in [-0.05, 0) is 95.9 Å². The summed E-state index contributed by atoms with van der Waals surface area (Å²) in [6.07, 6.45) is 1.64. The zero-order chi connectivity index (χ0) is 26.9. The number of amides is 3. The summed E-state index contributed by atoms with van der Waals surface area (Å²) in [7, 11) is 0. The molecule has 0 atom stereocenters. The first-order valence-electron chi connectivity index (χ1n) is 11.9. The number of thiophene rings is 1. The van der Waals surface area contributed by atoms with Crippen LogP contribution in [0, 0.1) is 13.8 Å². The van der Waals surface area contributed by atoms with Crippen LogP contribution in [0.5, 0.6) is 0 Å². The Morgan fingerprint density at radius 1 is 0.868 bits per heavy atom. The SMILES string of the molecule is Cc1cccc(NC(=O)CSc2ccc(NC(=O)/C(=C/c3ccsc3)NC(=O)c3ccccc3)cc2)c1C. The highest BCUT2D eigenvalue weighted by molar-refractivity contribution is 8.00. The summed E-state index contributed by atoms with van der Waals surface area (Å²) in [6, 6.07) is 23.7. The summed E-state index contributed by atoms with van der Waals surface area (Å²) in [6.45, 7) is 4.00. The number of benzene rings is 3. The normalized spacial score (nSPS) is 11.1. The van der Waals surface area contributed by atoms with Crippen molar-refractivity contribution in [1.82, 2.24) is 5.32 Å². The van der Waals surface area contributed by atoms with Crippen molar-refractivity contribution in [1.29, 1.82) is 0 Å². The lowest BCUT2D eigenvalue weighted by Crippen LogP contribution is -2.30. The molecule has 4 rings (SSSR count). The third-order valence-corrected chi connectivity index (χ3v) is 7.46. The van der Waals surface area contributed by atoms with Gasteiger partial charge in [0.1, 0.15) is 5.70 Å². The van der Waals surface area contributed by atoms with Crippen molar-refractivity contribution < 1.29 is 14.4 Å². The molecule has 0 aliphatic carbocycles. The molecule has 0 aliphatic heterocycles. The number of rotatable bonds is 9. The maximum Gasteiger partial charge on any atom is 0.272 e. The molecule has 0 saturated carbocycles. The Balaban J connectivity index is 1.37. The van der Waals surface area contributed by atoms with Gasteiger partial charge in [0.15, 0.2) is 0 Å². The van der Waals surface area contributed by atoms with Crippen LogP contribution in [0.3, 0.4) is 0 Å². The van der Waals surface area contributed by atoms with Crippen molar-refractivity contribution in [3.8, 4) is 0 Å². The molecule has 0 saturated heterocycles. The minimum Gasteiger partial charge on any atom is -0.325 e. The predicted octanol–water partition coefficient (Wildman–Crippen LogP) is 6.51. The largest absolute Gasteiger partial charge is 0.325 e. The first-order chi connectivity index (χ1) is 18.4. The number of nitrogens with one attached hydrogen (secondary N) is 3. The lowest BCUT2D eigenvalue weighted by Gasteiger charge is -2.12. The van der Waals surface area contributed by atoms with E-state index in [4.69, 9.17) is 0 Å². The Labute approximate surface area is 230 Å². The minimum absolute atomic E-state index is 0.0848. The quantitative estimate of drug-likeness (QED) is 0.167. The van der Waals surface area contributed by atoms with Gasteiger partial charge in [0.05, 0.1) is 5.75 Å². The summed E-state index contributed by atoms with van der Waals surface area (Å²) in [5, 5.41) is 12.3. The fourth-order valence-corrected chi connectivity index (χ4v) is 4.84. The number of thioether (sulfide) groups is 1. The molecule has 0 aliphatic rings. The van der Waals surface area contributed by atoms with Gasteiger partial charge in [0.25, 0.3) is 11.8 Å². The van der Waals surface area contributed by atoms with E-state index in [2.05, 4.69) is 16.0 Å². The van der Waals surface area contributed by atoms with Gasteiger partial charge in [-0.15, -0.1) is 11.8 Å². The zero-order valence-corrected chi connectivity index (χ0v) is 22.6. The molecule has 4 aromatic rings. The second-order valence-electron chi connectivity index (χ2n) is 8.50. The molecular formula is C30H27N3O3S2. The predicted molar refractivity (Wildman–Crippen MR) is 157 cm³/mol. The fraction of sp³-hybridized carbons (Fsp3) is 0.100. The topological polar surface area (TPSA) is 87.3 Å². The molecule has 8 heteroatoms. The summed E-state index contributed by atoms with van der Waals surface area (Å²) < 4.78 is 0. The van der Waals surface area contributed by atoms with Gasteiger partial charge < -0.3 is 16.0 Å². The van der Waals surface area contributed by atoms with Crippen LogP contribution in [0.25, 0.3) is 6.08 Å². The van der Waals surface area contributed by atoms with Crippen LogP contribution in [0.15, 0.2) is 100 Å². The van der Waals surface area contributed by atoms with E-state index in [-0.39, 0.29) is 23.3 Å². The average molecular weight is 542 g/mol. The molecule has 3 aromatic carbocycles. The highest BCUT2D eigenvalue weighted by atomic mass is 32.2. The highest BCUT2D eigenvalue weighted by Crippen LogP contribution is 2.23. The van der Waals surface area contributed by atoms with Gasteiger partial charge in [0.2, 0.25) is 5.91 Å². The van der Waals surface area contributed by atoms with E-state index < -0.39 is 5.91 Å². The van der Waals surface area contributed by atoms with Crippen molar-refractivity contribution in [3.63, 3.8) is 0 Å². The van der Waals surface area contributed by atoms with Crippen molar-refractivity contribution in [2.45, 2.75) is 18.7 Å². The molecule has 0 radical (unpaired) electrons. The molecule has 6 nitrogen and oxygen atoms in total. The molecular weight excluding hydrogens is 514 g/mol. The third-order valence-electron chi connectivity index (χ3n) is 5.74. The molecule has 3 N–H and O–H groups in total. The summed E-state index contributed by atoms with van der Waals surface area (Å²) >= 11 is 2.91. The van der Waals surface area contributed by atoms with Gasteiger partial charge >= 0.3 is 0 Å². The number of carbonyl (C=O) groups excluding carboxylic acids is 3. The zero-order valence-electron chi connectivity index (χ0n) is 21.0. The Morgan fingerprint density at radius 2 is 1.63 bits per heavy atom. The maximum absolute atomic E-state index is 13.1. The van der Waals surface area contributed by atoms with Crippen LogP contribution in [0.2, 0.25) is 0 Å².